The van der Waals surface area contributed by atoms with Crippen LogP contribution in [0.2, 0.25) is 0 Å². The van der Waals surface area contributed by atoms with Crippen LogP contribution in [0.3, 0.4) is 0 Å². The van der Waals surface area contributed by atoms with Crippen molar-refractivity contribution in [3.05, 3.63) is 35.5 Å². The number of unbranched alkanes of at least 4 members (excludes halogenated alkanes) is 2. The Kier molecular flexibility index (Phi) is 7.87. The summed E-state index contributed by atoms with van der Waals surface area (Å²) in [4.78, 5) is 0. The molecule has 0 heterocycles. The Bertz CT molecular complexity index is 626. The van der Waals surface area contributed by atoms with Gasteiger partial charge in [-0.25, -0.2) is 0 Å². The molecule has 0 aromatic rings. The number of methoxy groups -OCH3 is 1. The summed E-state index contributed by atoms with van der Waals surface area (Å²) in [6.45, 7) is 14.1. The molecule has 0 radical (unpaired) electrons. The average molecular weight is 399 g/mol. The van der Waals surface area contributed by atoms with E-state index < -0.39 is 0 Å². The summed E-state index contributed by atoms with van der Waals surface area (Å²) in [6.07, 6.45) is 20.0. The van der Waals surface area contributed by atoms with Crippen LogP contribution in [0.4, 0.5) is 0 Å². The molecule has 2 unspecified atom stereocenters. The molecule has 1 nitrogen and oxygen atoms in total. The monoisotopic (exact) mass is 398 g/mol. The van der Waals surface area contributed by atoms with E-state index in [1.807, 2.05) is 7.11 Å². The minimum atomic E-state index is 0.208. The minimum absolute atomic E-state index is 0.208. The molecule has 1 heteroatoms. The number of hydrogen-bond donors (Lipinski definition) is 0. The fourth-order valence-corrected chi connectivity index (χ4v) is 7.02. The van der Waals surface area contributed by atoms with Crippen LogP contribution >= 0.6 is 0 Å². The van der Waals surface area contributed by atoms with E-state index >= 15 is 0 Å². The van der Waals surface area contributed by atoms with Crippen molar-refractivity contribution < 1.29 is 4.74 Å². The van der Waals surface area contributed by atoms with Gasteiger partial charge in [0.1, 0.15) is 0 Å². The summed E-state index contributed by atoms with van der Waals surface area (Å²) in [7, 11) is 1.83. The smallest absolute Gasteiger partial charge is 0.0818 e. The van der Waals surface area contributed by atoms with Crippen molar-refractivity contribution in [2.24, 2.45) is 29.1 Å². The van der Waals surface area contributed by atoms with Gasteiger partial charge in [0.05, 0.1) is 6.10 Å². The van der Waals surface area contributed by atoms with Gasteiger partial charge in [-0.2, -0.15) is 0 Å². The highest BCUT2D eigenvalue weighted by atomic mass is 16.5. The van der Waals surface area contributed by atoms with Crippen molar-refractivity contribution in [2.45, 2.75) is 104 Å². The highest BCUT2D eigenvalue weighted by Crippen LogP contribution is 2.59. The Hall–Kier alpha value is -0.820. The van der Waals surface area contributed by atoms with Crippen LogP contribution < -0.4 is 0 Å². The molecule has 0 aliphatic heterocycles. The zero-order valence-corrected chi connectivity index (χ0v) is 19.9. The third kappa shape index (κ3) is 4.92. The van der Waals surface area contributed by atoms with E-state index in [1.54, 1.807) is 11.1 Å². The van der Waals surface area contributed by atoms with Gasteiger partial charge in [0.2, 0.25) is 0 Å². The van der Waals surface area contributed by atoms with E-state index in [2.05, 4.69) is 46.4 Å². The normalized spacial score (nSPS) is 39.1. The highest BCUT2D eigenvalue weighted by Gasteiger charge is 2.50. The summed E-state index contributed by atoms with van der Waals surface area (Å²) in [5.41, 5.74) is 5.12. The van der Waals surface area contributed by atoms with Crippen LogP contribution in [0.1, 0.15) is 98.3 Å². The lowest BCUT2D eigenvalue weighted by molar-refractivity contribution is 0.0932. The first-order valence-electron chi connectivity index (χ1n) is 12.5. The molecule has 3 aliphatic rings. The van der Waals surface area contributed by atoms with Crippen molar-refractivity contribution in [3.8, 4) is 0 Å². The Labute approximate surface area is 181 Å². The summed E-state index contributed by atoms with van der Waals surface area (Å²) in [5.74, 6) is 3.18. The van der Waals surface area contributed by atoms with E-state index in [4.69, 9.17) is 4.74 Å². The number of hydrogen-bond acceptors (Lipinski definition) is 1. The predicted octanol–water partition coefficient (Wildman–Crippen LogP) is 8.27. The van der Waals surface area contributed by atoms with E-state index in [0.717, 1.165) is 30.6 Å². The van der Waals surface area contributed by atoms with Crippen LogP contribution in [0.15, 0.2) is 35.5 Å². The van der Waals surface area contributed by atoms with Gasteiger partial charge in [-0.3, -0.25) is 0 Å². The van der Waals surface area contributed by atoms with Gasteiger partial charge < -0.3 is 4.74 Å². The molecule has 3 rings (SSSR count). The zero-order chi connectivity index (χ0) is 21.0. The summed E-state index contributed by atoms with van der Waals surface area (Å²) in [5, 5.41) is 0. The molecule has 0 saturated heterocycles. The van der Waals surface area contributed by atoms with Crippen molar-refractivity contribution in [1.82, 2.24) is 0 Å². The predicted molar refractivity (Wildman–Crippen MR) is 126 cm³/mol. The highest BCUT2D eigenvalue weighted by molar-refractivity contribution is 5.29. The fourth-order valence-electron chi connectivity index (χ4n) is 7.02. The molecule has 0 aromatic heterocycles. The molecule has 0 spiro atoms. The second-order valence-corrected chi connectivity index (χ2v) is 10.7. The Balaban J connectivity index is 1.71. The maximum atomic E-state index is 5.70. The molecule has 0 aromatic carbocycles. The maximum absolute atomic E-state index is 5.70. The van der Waals surface area contributed by atoms with Crippen molar-refractivity contribution in [2.75, 3.05) is 7.11 Å². The third-order valence-electron chi connectivity index (χ3n) is 8.87. The molecule has 6 atom stereocenters. The SMILES string of the molecule is C=C1[C@H](C)C/C(=C/C=C2\CCC[C@@]3(C)C2CCC3[C@@H](C)CCCCC)C[C@H]1OC. The van der Waals surface area contributed by atoms with Gasteiger partial charge in [0, 0.05) is 7.11 Å². The first-order valence-corrected chi connectivity index (χ1v) is 12.5. The first kappa shape index (κ1) is 22.9. The lowest BCUT2D eigenvalue weighted by Gasteiger charge is -2.44. The fraction of sp³-hybridized carbons (Fsp3) is 0.786. The van der Waals surface area contributed by atoms with Gasteiger partial charge >= 0.3 is 0 Å². The maximum Gasteiger partial charge on any atom is 0.0818 e. The average Bonchev–Trinajstić information content (AvgIpc) is 3.06. The van der Waals surface area contributed by atoms with Crippen LogP contribution in [0.25, 0.3) is 0 Å². The Morgan fingerprint density at radius 3 is 2.72 bits per heavy atom. The lowest BCUT2D eigenvalue weighted by atomic mass is 9.60. The van der Waals surface area contributed by atoms with Crippen LogP contribution in [-0.2, 0) is 4.74 Å². The molecular formula is C28H46O. The van der Waals surface area contributed by atoms with Crippen LogP contribution in [0, 0.1) is 29.1 Å². The second-order valence-electron chi connectivity index (χ2n) is 10.7. The van der Waals surface area contributed by atoms with Gasteiger partial charge in [0.25, 0.3) is 0 Å². The quantitative estimate of drug-likeness (QED) is 0.310. The molecule has 164 valence electrons. The minimum Gasteiger partial charge on any atom is -0.377 e. The number of allylic oxidation sites excluding steroid dienone is 3. The molecule has 3 aliphatic carbocycles. The molecule has 29 heavy (non-hydrogen) atoms. The molecule has 0 N–H and O–H groups in total. The lowest BCUT2D eigenvalue weighted by Crippen LogP contribution is -2.36. The zero-order valence-electron chi connectivity index (χ0n) is 19.9. The number of rotatable bonds is 7. The van der Waals surface area contributed by atoms with Crippen molar-refractivity contribution in [3.63, 3.8) is 0 Å². The largest absolute Gasteiger partial charge is 0.377 e. The van der Waals surface area contributed by atoms with Gasteiger partial charge in [-0.15, -0.1) is 0 Å². The molecule has 3 fully saturated rings. The van der Waals surface area contributed by atoms with Crippen molar-refractivity contribution in [1.29, 1.82) is 0 Å². The van der Waals surface area contributed by atoms with E-state index in [9.17, 15) is 0 Å². The Morgan fingerprint density at radius 2 is 2.00 bits per heavy atom. The van der Waals surface area contributed by atoms with E-state index in [0.29, 0.717) is 11.3 Å². The molecule has 0 amide bonds. The van der Waals surface area contributed by atoms with E-state index in [-0.39, 0.29) is 6.10 Å². The second kappa shape index (κ2) is 9.99. The Morgan fingerprint density at radius 1 is 1.21 bits per heavy atom. The van der Waals surface area contributed by atoms with Gasteiger partial charge in [0.15, 0.2) is 0 Å². The first-order chi connectivity index (χ1) is 13.9. The van der Waals surface area contributed by atoms with Gasteiger partial charge in [-0.1, -0.05) is 83.3 Å². The molecule has 0 bridgehead atoms. The molecular weight excluding hydrogens is 352 g/mol. The number of fused-ring (bicyclic) bond motifs is 1. The molecule has 3 saturated carbocycles. The summed E-state index contributed by atoms with van der Waals surface area (Å²) in [6, 6.07) is 0. The summed E-state index contributed by atoms with van der Waals surface area (Å²) >= 11 is 0. The van der Waals surface area contributed by atoms with Crippen LogP contribution in [-0.4, -0.2) is 13.2 Å². The summed E-state index contributed by atoms with van der Waals surface area (Å²) < 4.78 is 5.70. The number of ether oxygens (including phenoxy) is 1. The standard InChI is InChI=1S/C28H46O/c1-7-8-9-11-20(2)25-15-16-26-24(12-10-17-28(25,26)5)14-13-23-18-21(3)22(4)27(19-23)29-6/h13-14,20-21,25-27H,4,7-12,15-19H2,1-3,5-6H3/b23-13-,24-14+/t20-,21+,25?,26?,27+,28+/m0/s1. The van der Waals surface area contributed by atoms with Gasteiger partial charge in [-0.05, 0) is 79.6 Å². The van der Waals surface area contributed by atoms with Crippen LogP contribution in [0.5, 0.6) is 0 Å². The topological polar surface area (TPSA) is 9.23 Å². The van der Waals surface area contributed by atoms with Crippen molar-refractivity contribution >= 4 is 0 Å². The van der Waals surface area contributed by atoms with E-state index in [1.165, 1.54) is 63.4 Å². The third-order valence-corrected chi connectivity index (χ3v) is 8.87.